The summed E-state index contributed by atoms with van der Waals surface area (Å²) in [5.74, 6) is -0.945. The first-order valence-corrected chi connectivity index (χ1v) is 6.62. The van der Waals surface area contributed by atoms with Crippen LogP contribution in [0.3, 0.4) is 0 Å². The van der Waals surface area contributed by atoms with E-state index in [0.29, 0.717) is 12.6 Å². The van der Waals surface area contributed by atoms with Crippen molar-refractivity contribution in [2.45, 2.75) is 37.9 Å². The number of nitrogens with zero attached hydrogens (tertiary/aromatic N) is 1. The molecule has 1 unspecified atom stereocenters. The maximum absolute atomic E-state index is 13.5. The van der Waals surface area contributed by atoms with Crippen molar-refractivity contribution in [2.24, 2.45) is 0 Å². The van der Waals surface area contributed by atoms with Crippen LogP contribution < -0.4 is 5.32 Å². The molecule has 0 aromatic heterocycles. The van der Waals surface area contributed by atoms with Crippen LogP contribution in [0.25, 0.3) is 0 Å². The molecule has 1 saturated heterocycles. The fourth-order valence-corrected chi connectivity index (χ4v) is 2.46. The summed E-state index contributed by atoms with van der Waals surface area (Å²) < 4.78 is 26.6. The fourth-order valence-electron chi connectivity index (χ4n) is 2.46. The molecular formula is C14H16F2N2O. The van der Waals surface area contributed by atoms with E-state index in [1.165, 1.54) is 0 Å². The Hall–Kier alpha value is -1.49. The number of likely N-dealkylation sites (tertiary alicyclic amines) is 1. The number of carbonyl (C=O) groups excluding carboxylic acids is 1. The predicted octanol–water partition coefficient (Wildman–Crippen LogP) is 1.82. The molecule has 3 nitrogen and oxygen atoms in total. The minimum Gasteiger partial charge on any atom is -0.337 e. The van der Waals surface area contributed by atoms with E-state index in [1.54, 1.807) is 4.90 Å². The first-order valence-electron chi connectivity index (χ1n) is 6.62. The lowest BCUT2D eigenvalue weighted by molar-refractivity contribution is -0.130. The molecule has 1 aromatic carbocycles. The van der Waals surface area contributed by atoms with Gasteiger partial charge in [-0.3, -0.25) is 4.79 Å². The van der Waals surface area contributed by atoms with Crippen molar-refractivity contribution < 1.29 is 13.6 Å². The molecule has 1 saturated carbocycles. The summed E-state index contributed by atoms with van der Waals surface area (Å²) in [6.45, 7) is 0.741. The van der Waals surface area contributed by atoms with Crippen LogP contribution in [0.15, 0.2) is 18.2 Å². The van der Waals surface area contributed by atoms with Crippen molar-refractivity contribution in [3.63, 3.8) is 0 Å². The Balaban J connectivity index is 1.66. The van der Waals surface area contributed by atoms with Gasteiger partial charge in [-0.25, -0.2) is 8.78 Å². The number of amides is 1. The highest BCUT2D eigenvalue weighted by molar-refractivity contribution is 5.84. The molecule has 1 heterocycles. The van der Waals surface area contributed by atoms with Crippen LogP contribution in [-0.2, 0) is 11.3 Å². The Morgan fingerprint density at radius 3 is 2.79 bits per heavy atom. The number of benzene rings is 1. The molecule has 5 heteroatoms. The largest absolute Gasteiger partial charge is 0.337 e. The highest BCUT2D eigenvalue weighted by atomic mass is 19.1. The lowest BCUT2D eigenvalue weighted by Crippen LogP contribution is -2.39. The van der Waals surface area contributed by atoms with Crippen LogP contribution in [-0.4, -0.2) is 29.4 Å². The van der Waals surface area contributed by atoms with E-state index in [2.05, 4.69) is 5.32 Å². The number of carbonyl (C=O) groups is 1. The quantitative estimate of drug-likeness (QED) is 0.901. The highest BCUT2D eigenvalue weighted by Crippen LogP contribution is 2.23. The zero-order valence-corrected chi connectivity index (χ0v) is 10.5. The average Bonchev–Trinajstić information content (AvgIpc) is 3.13. The highest BCUT2D eigenvalue weighted by Gasteiger charge is 2.35. The molecule has 2 fully saturated rings. The van der Waals surface area contributed by atoms with Crippen LogP contribution in [0.1, 0.15) is 24.8 Å². The van der Waals surface area contributed by atoms with Crippen molar-refractivity contribution >= 4 is 5.91 Å². The van der Waals surface area contributed by atoms with E-state index in [4.69, 9.17) is 0 Å². The zero-order valence-electron chi connectivity index (χ0n) is 10.5. The molecule has 0 radical (unpaired) electrons. The van der Waals surface area contributed by atoms with Gasteiger partial charge >= 0.3 is 0 Å². The van der Waals surface area contributed by atoms with Gasteiger partial charge < -0.3 is 10.2 Å². The van der Waals surface area contributed by atoms with Gasteiger partial charge in [0.05, 0.1) is 6.04 Å². The SMILES string of the molecule is O=C1C(NC2CC2)CCN1Cc1cc(F)ccc1F. The van der Waals surface area contributed by atoms with Crippen LogP contribution >= 0.6 is 0 Å². The molecule has 0 spiro atoms. The fraction of sp³-hybridized carbons (Fsp3) is 0.500. The summed E-state index contributed by atoms with van der Waals surface area (Å²) >= 11 is 0. The van der Waals surface area contributed by atoms with Crippen LogP contribution in [0.5, 0.6) is 0 Å². The molecular weight excluding hydrogens is 250 g/mol. The molecule has 0 bridgehead atoms. The van der Waals surface area contributed by atoms with E-state index in [9.17, 15) is 13.6 Å². The van der Waals surface area contributed by atoms with Gasteiger partial charge in [0.1, 0.15) is 11.6 Å². The van der Waals surface area contributed by atoms with Gasteiger partial charge in [-0.15, -0.1) is 0 Å². The summed E-state index contributed by atoms with van der Waals surface area (Å²) in [6.07, 6.45) is 3.00. The van der Waals surface area contributed by atoms with E-state index >= 15 is 0 Å². The van der Waals surface area contributed by atoms with Crippen molar-refractivity contribution in [3.05, 3.63) is 35.4 Å². The third kappa shape index (κ3) is 2.76. The normalized spacial score (nSPS) is 23.2. The predicted molar refractivity (Wildman–Crippen MR) is 66.3 cm³/mol. The first kappa shape index (κ1) is 12.5. The van der Waals surface area contributed by atoms with Gasteiger partial charge in [0.25, 0.3) is 0 Å². The number of hydrogen-bond acceptors (Lipinski definition) is 2. The molecule has 1 aliphatic heterocycles. The molecule has 2 aliphatic rings. The average molecular weight is 266 g/mol. The van der Waals surface area contributed by atoms with Crippen molar-refractivity contribution in [1.29, 1.82) is 0 Å². The number of nitrogens with one attached hydrogen (secondary N) is 1. The second-order valence-electron chi connectivity index (χ2n) is 5.28. The standard InChI is InChI=1S/C14H16F2N2O/c15-10-1-4-12(16)9(7-10)8-18-6-5-13(14(18)19)17-11-2-3-11/h1,4,7,11,13,17H,2-3,5-6,8H2. The van der Waals surface area contributed by atoms with E-state index < -0.39 is 11.6 Å². The van der Waals surface area contributed by atoms with Crippen LogP contribution in [0.2, 0.25) is 0 Å². The lowest BCUT2D eigenvalue weighted by atomic mass is 10.2. The van der Waals surface area contributed by atoms with E-state index in [-0.39, 0.29) is 24.1 Å². The Bertz CT molecular complexity index is 502. The third-order valence-corrected chi connectivity index (χ3v) is 3.68. The molecule has 1 N–H and O–H groups in total. The molecule has 1 aliphatic carbocycles. The van der Waals surface area contributed by atoms with Gasteiger partial charge in [-0.2, -0.15) is 0 Å². The smallest absolute Gasteiger partial charge is 0.240 e. The molecule has 3 rings (SSSR count). The summed E-state index contributed by atoms with van der Waals surface area (Å²) in [5.41, 5.74) is 0.237. The van der Waals surface area contributed by atoms with Gasteiger partial charge in [0.15, 0.2) is 0 Å². The second-order valence-corrected chi connectivity index (χ2v) is 5.28. The second kappa shape index (κ2) is 4.89. The Morgan fingerprint density at radius 2 is 2.05 bits per heavy atom. The number of halogens is 2. The third-order valence-electron chi connectivity index (χ3n) is 3.68. The Kier molecular flexibility index (Phi) is 3.22. The Morgan fingerprint density at radius 1 is 1.26 bits per heavy atom. The zero-order chi connectivity index (χ0) is 13.4. The number of hydrogen-bond donors (Lipinski definition) is 1. The maximum atomic E-state index is 13.5. The summed E-state index contributed by atoms with van der Waals surface area (Å²) in [4.78, 5) is 13.7. The van der Waals surface area contributed by atoms with Gasteiger partial charge in [0.2, 0.25) is 5.91 Å². The van der Waals surface area contributed by atoms with Crippen molar-refractivity contribution in [2.75, 3.05) is 6.54 Å². The monoisotopic (exact) mass is 266 g/mol. The minimum atomic E-state index is -0.476. The molecule has 1 aromatic rings. The topological polar surface area (TPSA) is 32.3 Å². The van der Waals surface area contributed by atoms with Crippen molar-refractivity contribution in [3.8, 4) is 0 Å². The summed E-state index contributed by atoms with van der Waals surface area (Å²) in [7, 11) is 0. The minimum absolute atomic E-state index is 0.00411. The van der Waals surface area contributed by atoms with Crippen LogP contribution in [0.4, 0.5) is 8.78 Å². The molecule has 19 heavy (non-hydrogen) atoms. The van der Waals surface area contributed by atoms with Crippen molar-refractivity contribution in [1.82, 2.24) is 10.2 Å². The maximum Gasteiger partial charge on any atom is 0.240 e. The van der Waals surface area contributed by atoms with E-state index in [1.807, 2.05) is 0 Å². The lowest BCUT2D eigenvalue weighted by Gasteiger charge is -2.17. The van der Waals surface area contributed by atoms with Crippen LogP contribution in [0, 0.1) is 11.6 Å². The van der Waals surface area contributed by atoms with Gasteiger partial charge in [-0.1, -0.05) is 0 Å². The van der Waals surface area contributed by atoms with Gasteiger partial charge in [0, 0.05) is 24.7 Å². The first-order chi connectivity index (χ1) is 9.13. The van der Waals surface area contributed by atoms with E-state index in [0.717, 1.165) is 37.5 Å². The number of rotatable bonds is 4. The molecule has 102 valence electrons. The molecule has 1 amide bonds. The molecule has 1 atom stereocenters. The Labute approximate surface area is 110 Å². The summed E-state index contributed by atoms with van der Waals surface area (Å²) in [5, 5.41) is 3.29. The summed E-state index contributed by atoms with van der Waals surface area (Å²) in [6, 6.07) is 3.67. The van der Waals surface area contributed by atoms with Gasteiger partial charge in [-0.05, 0) is 37.5 Å².